The number of aryl methyl sites for hydroxylation is 1. The number of nitrogens with zero attached hydrogens (tertiary/aromatic N) is 4. The molecule has 1 aliphatic heterocycles. The Morgan fingerprint density at radius 2 is 1.89 bits per heavy atom. The third kappa shape index (κ3) is 6.86. The largest absolute Gasteiger partial charge is 0.504 e. The topological polar surface area (TPSA) is 158 Å². The number of esters is 1. The van der Waals surface area contributed by atoms with Crippen molar-refractivity contribution in [2.75, 3.05) is 19.7 Å². The van der Waals surface area contributed by atoms with Crippen LogP contribution in [0.1, 0.15) is 32.3 Å². The molecule has 0 spiro atoms. The normalized spacial score (nSPS) is 16.5. The lowest BCUT2D eigenvalue weighted by Crippen LogP contribution is -2.50. The number of halogens is 2. The molecule has 2 atom stereocenters. The average Bonchev–Trinajstić information content (AvgIpc) is 3.48. The minimum absolute atomic E-state index is 0.118. The van der Waals surface area contributed by atoms with Gasteiger partial charge in [-0.05, 0) is 50.2 Å². The van der Waals surface area contributed by atoms with Gasteiger partial charge in [-0.3, -0.25) is 15.1 Å². The van der Waals surface area contributed by atoms with E-state index in [1.54, 1.807) is 48.1 Å². The summed E-state index contributed by atoms with van der Waals surface area (Å²) in [6, 6.07) is 9.78. The van der Waals surface area contributed by atoms with Crippen molar-refractivity contribution >= 4 is 11.8 Å². The summed E-state index contributed by atoms with van der Waals surface area (Å²) in [5, 5.41) is 18.1. The molecule has 5 rings (SSSR count). The molecular weight excluding hydrogens is 602 g/mol. The van der Waals surface area contributed by atoms with Crippen LogP contribution in [0.5, 0.6) is 34.8 Å². The highest BCUT2D eigenvalue weighted by atomic mass is 19.1. The number of hydrogen-bond donors (Lipinski definition) is 3. The summed E-state index contributed by atoms with van der Waals surface area (Å²) < 4.78 is 56.5. The van der Waals surface area contributed by atoms with Crippen molar-refractivity contribution in [2.45, 2.75) is 38.8 Å². The SMILES string of the molecule is CCOC(=O)C1CC(Oc2c(F)c(Oc3cccc(-c4nccn4C)c3)nc(Oc3cc(C(=N)N)ccc3O)c2F)CCN1CC. The van der Waals surface area contributed by atoms with Crippen molar-refractivity contribution in [3.63, 3.8) is 0 Å². The van der Waals surface area contributed by atoms with Crippen molar-refractivity contribution in [3.8, 4) is 46.1 Å². The third-order valence-corrected chi connectivity index (χ3v) is 7.50. The quantitative estimate of drug-likeness (QED) is 0.115. The van der Waals surface area contributed by atoms with Gasteiger partial charge in [-0.2, -0.15) is 13.8 Å². The van der Waals surface area contributed by atoms with Crippen LogP contribution in [0.25, 0.3) is 11.4 Å². The van der Waals surface area contributed by atoms with E-state index >= 15 is 8.78 Å². The van der Waals surface area contributed by atoms with E-state index in [9.17, 15) is 9.90 Å². The number of likely N-dealkylation sites (tertiary alicyclic amines) is 1. The van der Waals surface area contributed by atoms with Crippen molar-refractivity contribution in [1.29, 1.82) is 5.41 Å². The zero-order valence-corrected chi connectivity index (χ0v) is 25.5. The predicted octanol–water partition coefficient (Wildman–Crippen LogP) is 5.13. The van der Waals surface area contributed by atoms with Crippen LogP contribution in [-0.4, -0.2) is 68.2 Å². The molecule has 1 fully saturated rings. The number of piperidine rings is 1. The van der Waals surface area contributed by atoms with Crippen LogP contribution in [0, 0.1) is 17.0 Å². The molecule has 0 aliphatic carbocycles. The number of amidine groups is 1. The van der Waals surface area contributed by atoms with Gasteiger partial charge in [-0.1, -0.05) is 19.1 Å². The molecular formula is C32H34F2N6O6. The second-order valence-electron chi connectivity index (χ2n) is 10.5. The zero-order valence-electron chi connectivity index (χ0n) is 25.5. The molecule has 4 aromatic rings. The maximum absolute atomic E-state index is 16.1. The maximum atomic E-state index is 16.1. The van der Waals surface area contributed by atoms with Crippen molar-refractivity contribution in [3.05, 3.63) is 72.1 Å². The standard InChI is InChI=1S/C32H34F2N6O6/c1-4-40-13-11-21(17-22(40)32(42)43-5-2)44-27-25(33)30(45-20-8-6-7-19(15-20)29-37-12-14-39(29)3)38-31(26(27)34)46-24-16-18(28(35)36)9-10-23(24)41/h6-10,12,14-16,21-22,41H,4-5,11,13,17H2,1-3H3,(H3,35,36). The van der Waals surface area contributed by atoms with Crippen LogP contribution in [0.4, 0.5) is 8.78 Å². The number of benzene rings is 2. The molecule has 2 aromatic heterocycles. The van der Waals surface area contributed by atoms with Gasteiger partial charge in [0.2, 0.25) is 17.4 Å². The summed E-state index contributed by atoms with van der Waals surface area (Å²) in [7, 11) is 1.82. The van der Waals surface area contributed by atoms with E-state index in [4.69, 9.17) is 30.1 Å². The number of hydrogen-bond acceptors (Lipinski definition) is 10. The highest BCUT2D eigenvalue weighted by Gasteiger charge is 2.36. The molecule has 0 saturated carbocycles. The molecule has 0 amide bonds. The Labute approximate surface area is 263 Å². The Morgan fingerprint density at radius 3 is 2.57 bits per heavy atom. The van der Waals surface area contributed by atoms with Gasteiger partial charge in [0.15, 0.2) is 11.5 Å². The van der Waals surface area contributed by atoms with Crippen molar-refractivity contribution in [1.82, 2.24) is 19.4 Å². The monoisotopic (exact) mass is 636 g/mol. The summed E-state index contributed by atoms with van der Waals surface area (Å²) in [4.78, 5) is 22.9. The highest BCUT2D eigenvalue weighted by molar-refractivity contribution is 5.95. The molecule has 46 heavy (non-hydrogen) atoms. The number of ether oxygens (including phenoxy) is 4. The number of nitrogens with one attached hydrogen (secondary N) is 1. The smallest absolute Gasteiger partial charge is 0.323 e. The van der Waals surface area contributed by atoms with Gasteiger partial charge in [0.05, 0.1) is 6.61 Å². The fraction of sp³-hybridized carbons (Fsp3) is 0.312. The molecule has 2 unspecified atom stereocenters. The van der Waals surface area contributed by atoms with Crippen LogP contribution in [-0.2, 0) is 16.6 Å². The summed E-state index contributed by atoms with van der Waals surface area (Å²) in [5.74, 6) is -5.50. The Hall–Kier alpha value is -5.24. The summed E-state index contributed by atoms with van der Waals surface area (Å²) in [6.45, 7) is 4.79. The van der Waals surface area contributed by atoms with Gasteiger partial charge >= 0.3 is 5.97 Å². The number of aromatic hydroxyl groups is 1. The van der Waals surface area contributed by atoms with Crippen LogP contribution < -0.4 is 19.9 Å². The number of imidazole rings is 1. The molecule has 12 nitrogen and oxygen atoms in total. The molecule has 3 heterocycles. The average molecular weight is 637 g/mol. The lowest BCUT2D eigenvalue weighted by molar-refractivity contribution is -0.152. The number of nitrogens with two attached hydrogens (primary N) is 1. The second-order valence-corrected chi connectivity index (χ2v) is 10.5. The number of aromatic nitrogens is 3. The minimum Gasteiger partial charge on any atom is -0.504 e. The van der Waals surface area contributed by atoms with E-state index in [0.29, 0.717) is 30.9 Å². The second kappa shape index (κ2) is 13.8. The number of carbonyl (C=O) groups excluding carboxylic acids is 1. The van der Waals surface area contributed by atoms with Gasteiger partial charge in [-0.15, -0.1) is 0 Å². The first-order chi connectivity index (χ1) is 22.1. The number of nitrogen functional groups attached to an aromatic ring is 1. The fourth-order valence-electron chi connectivity index (χ4n) is 5.16. The summed E-state index contributed by atoms with van der Waals surface area (Å²) in [6.07, 6.45) is 3.11. The lowest BCUT2D eigenvalue weighted by atomic mass is 9.99. The zero-order chi connectivity index (χ0) is 33.0. The van der Waals surface area contributed by atoms with Crippen molar-refractivity contribution < 1.29 is 37.6 Å². The molecule has 4 N–H and O–H groups in total. The summed E-state index contributed by atoms with van der Waals surface area (Å²) >= 11 is 0. The predicted molar refractivity (Wildman–Crippen MR) is 163 cm³/mol. The van der Waals surface area contributed by atoms with E-state index in [2.05, 4.69) is 9.97 Å². The molecule has 1 saturated heterocycles. The van der Waals surface area contributed by atoms with Crippen molar-refractivity contribution in [2.24, 2.45) is 12.8 Å². The first kappa shape index (κ1) is 32.2. The van der Waals surface area contributed by atoms with Gasteiger partial charge in [0.25, 0.3) is 11.8 Å². The minimum atomic E-state index is -1.30. The van der Waals surface area contributed by atoms with Crippen LogP contribution >= 0.6 is 0 Å². The number of likely N-dealkylation sites (N-methyl/N-ethyl adjacent to an activating group) is 1. The first-order valence-corrected chi connectivity index (χ1v) is 14.7. The van der Waals surface area contributed by atoms with Gasteiger partial charge in [0.1, 0.15) is 29.6 Å². The number of rotatable bonds is 11. The number of pyridine rings is 1. The highest BCUT2D eigenvalue weighted by Crippen LogP contribution is 2.41. The molecule has 0 bridgehead atoms. The lowest BCUT2D eigenvalue weighted by Gasteiger charge is -2.37. The number of phenols is 1. The fourth-order valence-corrected chi connectivity index (χ4v) is 5.16. The maximum Gasteiger partial charge on any atom is 0.323 e. The van der Waals surface area contributed by atoms with Gasteiger partial charge < -0.3 is 34.4 Å². The van der Waals surface area contributed by atoms with Crippen LogP contribution in [0.3, 0.4) is 0 Å². The Bertz CT molecular complexity index is 1750. The molecule has 0 radical (unpaired) electrons. The van der Waals surface area contributed by atoms with Gasteiger partial charge in [-0.25, -0.2) is 4.98 Å². The number of carbonyl (C=O) groups is 1. The Morgan fingerprint density at radius 1 is 1.13 bits per heavy atom. The molecule has 14 heteroatoms. The van der Waals surface area contributed by atoms with E-state index < -0.39 is 53.0 Å². The number of phenolic OH excluding ortho intramolecular Hbond substituents is 1. The van der Waals surface area contributed by atoms with Crippen LogP contribution in [0.15, 0.2) is 54.9 Å². The van der Waals surface area contributed by atoms with E-state index in [-0.39, 0.29) is 35.9 Å². The Kier molecular flexibility index (Phi) is 9.66. The molecule has 242 valence electrons. The van der Waals surface area contributed by atoms with E-state index in [1.807, 2.05) is 18.9 Å². The van der Waals surface area contributed by atoms with Crippen LogP contribution in [0.2, 0.25) is 0 Å². The molecule has 2 aromatic carbocycles. The van der Waals surface area contributed by atoms with Gasteiger partial charge in [0, 0.05) is 43.5 Å². The molecule has 1 aliphatic rings. The van der Waals surface area contributed by atoms with E-state index in [1.165, 1.54) is 18.2 Å². The van der Waals surface area contributed by atoms with E-state index in [0.717, 1.165) is 0 Å². The third-order valence-electron chi connectivity index (χ3n) is 7.50. The first-order valence-electron chi connectivity index (χ1n) is 14.7. The summed E-state index contributed by atoms with van der Waals surface area (Å²) in [5.41, 5.74) is 6.41. The Balaban J connectivity index is 1.53.